The number of imidazole rings is 2. The third-order valence-corrected chi connectivity index (χ3v) is 13.5. The van der Waals surface area contributed by atoms with Crippen molar-refractivity contribution in [3.05, 3.63) is 70.3 Å². The lowest BCUT2D eigenvalue weighted by atomic mass is 10.1. The van der Waals surface area contributed by atoms with Crippen molar-refractivity contribution in [2.75, 3.05) is 13.2 Å². The largest absolute Gasteiger partial charge is 0.490 e. The molecule has 8 N–H and O–H groups in total. The van der Waals surface area contributed by atoms with Crippen LogP contribution in [0.1, 0.15) is 12.5 Å². The molecule has 0 radical (unpaired) electrons. The first-order chi connectivity index (χ1) is 24.7. The van der Waals surface area contributed by atoms with E-state index in [4.69, 9.17) is 9.47 Å². The Hall–Kier alpha value is -2.84. The number of rotatable bonds is 14. The van der Waals surface area contributed by atoms with Crippen molar-refractivity contribution in [1.29, 1.82) is 0 Å². The van der Waals surface area contributed by atoms with Crippen molar-refractivity contribution < 1.29 is 89.7 Å². The third-order valence-electron chi connectivity index (χ3n) is 7.61. The molecule has 0 aromatic carbocycles. The van der Waals surface area contributed by atoms with Crippen LogP contribution in [-0.2, 0) is 49.7 Å². The number of hydrogen-bond donors (Lipinski definition) is 8. The van der Waals surface area contributed by atoms with Crippen LogP contribution in [0.2, 0.25) is 0 Å². The first kappa shape index (κ1) is 39.8. The van der Waals surface area contributed by atoms with Gasteiger partial charge in [0.25, 0.3) is 0 Å². The van der Waals surface area contributed by atoms with Gasteiger partial charge in [0, 0.05) is 37.2 Å². The van der Waals surface area contributed by atoms with Crippen molar-refractivity contribution in [2.45, 2.75) is 49.1 Å². The number of nitrogens with zero attached hydrogens (tertiary/aromatic N) is 6. The van der Waals surface area contributed by atoms with Gasteiger partial charge in [-0.2, -0.15) is 12.9 Å². The fraction of sp³-hybridized carbons (Fsp3) is 0.455. The average Bonchev–Trinajstić information content (AvgIpc) is 3.83. The van der Waals surface area contributed by atoms with Gasteiger partial charge in [-0.1, -0.05) is 0 Å². The van der Waals surface area contributed by atoms with Crippen molar-refractivity contribution in [3.63, 3.8) is 0 Å². The molecule has 292 valence electrons. The van der Waals surface area contributed by atoms with Crippen molar-refractivity contribution in [1.82, 2.24) is 27.9 Å². The highest BCUT2D eigenvalue weighted by molar-refractivity contribution is 7.69. The highest BCUT2D eigenvalue weighted by Gasteiger charge is 2.50. The van der Waals surface area contributed by atoms with Crippen LogP contribution in [0.5, 0.6) is 0 Å². The standard InChI is InChI=1S/C22H28N6O21P4/c29-15-11(45-19(17(15)31)27-5-1-13-23-3-7-25(13)21(27)33)9-43-50(35,36)47-52(39,40)49-53(41,42)48-51(37,38)44-10-12-16(30)18(32)20(46-12)28-6-2-14-24-4-8-26(14)22(28)34/h1-8,11-12,15-20,29-32H,9-10H2,(H,35,36)(H,37,38)(H,39,40)(H,41,42)/t11-,12-,15-,16-,17-,18-,19-,20-/m1/s1. The second-order valence-corrected chi connectivity index (χ2v) is 17.3. The van der Waals surface area contributed by atoms with E-state index in [1.807, 2.05) is 0 Å². The first-order valence-electron chi connectivity index (χ1n) is 14.5. The summed E-state index contributed by atoms with van der Waals surface area (Å²) in [4.78, 5) is 72.8. The molecule has 27 nitrogen and oxygen atoms in total. The van der Waals surface area contributed by atoms with Gasteiger partial charge in [0.05, 0.1) is 13.2 Å². The molecule has 2 aliphatic heterocycles. The summed E-state index contributed by atoms with van der Waals surface area (Å²) in [5, 5.41) is 41.6. The normalized spacial score (nSPS) is 30.9. The zero-order valence-electron chi connectivity index (χ0n) is 26.0. The van der Waals surface area contributed by atoms with E-state index >= 15 is 0 Å². The fourth-order valence-corrected chi connectivity index (χ4v) is 10.2. The maximum absolute atomic E-state index is 12.7. The molecule has 0 saturated carbocycles. The maximum atomic E-state index is 12.7. The lowest BCUT2D eigenvalue weighted by molar-refractivity contribution is -0.0544. The number of aromatic nitrogens is 6. The molecule has 31 heteroatoms. The van der Waals surface area contributed by atoms with Crippen molar-refractivity contribution in [2.24, 2.45) is 0 Å². The SMILES string of the molecule is O=c1n([C@@H]2O[C@H](COP(=O)(O)OP(=O)(O)OP(=O)(O)OP(=O)(O)OC[C@H]3O[C@@H](n4ccc5nccn5c4=O)[C@H](O)[C@@H]3O)[C@@H](O)[C@H]2O)ccc2nccn12. The summed E-state index contributed by atoms with van der Waals surface area (Å²) < 4.78 is 84.6. The van der Waals surface area contributed by atoms with Crippen LogP contribution < -0.4 is 11.4 Å². The number of hydrogen-bond acceptors (Lipinski definition) is 19. The Morgan fingerprint density at radius 3 is 1.32 bits per heavy atom. The molecule has 2 saturated heterocycles. The lowest BCUT2D eigenvalue weighted by Crippen LogP contribution is -2.36. The Balaban J connectivity index is 1.01. The predicted molar refractivity (Wildman–Crippen MR) is 165 cm³/mol. The quantitative estimate of drug-likeness (QED) is 0.0621. The first-order valence-corrected chi connectivity index (χ1v) is 20.5. The molecule has 12 atom stereocenters. The molecule has 0 amide bonds. The number of aliphatic hydroxyl groups excluding tert-OH is 4. The molecule has 4 aromatic heterocycles. The number of ether oxygens (including phenoxy) is 2. The number of phosphoric acid groups is 4. The van der Waals surface area contributed by atoms with E-state index in [1.165, 1.54) is 49.3 Å². The van der Waals surface area contributed by atoms with E-state index in [-0.39, 0.29) is 11.3 Å². The van der Waals surface area contributed by atoms with Crippen LogP contribution >= 0.6 is 31.3 Å². The Labute approximate surface area is 292 Å². The minimum absolute atomic E-state index is 0.245. The summed E-state index contributed by atoms with van der Waals surface area (Å²) in [7, 11) is -24.0. The highest BCUT2D eigenvalue weighted by Crippen LogP contribution is 2.71. The molecule has 0 aliphatic carbocycles. The van der Waals surface area contributed by atoms with Crippen molar-refractivity contribution in [3.8, 4) is 0 Å². The van der Waals surface area contributed by atoms with Crippen LogP contribution in [0.4, 0.5) is 0 Å². The minimum atomic E-state index is -6.22. The molecule has 53 heavy (non-hydrogen) atoms. The van der Waals surface area contributed by atoms with Gasteiger partial charge in [-0.15, -0.1) is 0 Å². The van der Waals surface area contributed by atoms with Gasteiger partial charge in [0.2, 0.25) is 0 Å². The molecule has 4 aromatic rings. The summed E-state index contributed by atoms with van der Waals surface area (Å²) >= 11 is 0. The molecule has 0 bridgehead atoms. The van der Waals surface area contributed by atoms with Crippen LogP contribution in [0.3, 0.4) is 0 Å². The van der Waals surface area contributed by atoms with E-state index in [0.29, 0.717) is 0 Å². The Morgan fingerprint density at radius 2 is 0.943 bits per heavy atom. The maximum Gasteiger partial charge on any atom is 0.490 e. The number of aliphatic hydroxyl groups is 4. The Kier molecular flexibility index (Phi) is 11.0. The summed E-state index contributed by atoms with van der Waals surface area (Å²) in [5.74, 6) is 0. The summed E-state index contributed by atoms with van der Waals surface area (Å²) in [5.41, 5.74) is -1.02. The lowest BCUT2D eigenvalue weighted by Gasteiger charge is -2.21. The molecule has 2 fully saturated rings. The van der Waals surface area contributed by atoms with Gasteiger partial charge >= 0.3 is 42.7 Å². The van der Waals surface area contributed by atoms with Gasteiger partial charge in [-0.3, -0.25) is 27.0 Å². The van der Waals surface area contributed by atoms with Crippen molar-refractivity contribution >= 4 is 42.6 Å². The van der Waals surface area contributed by atoms with Crippen LogP contribution in [0.25, 0.3) is 11.3 Å². The second-order valence-electron chi connectivity index (χ2n) is 11.1. The zero-order chi connectivity index (χ0) is 38.7. The monoisotopic (exact) mass is 836 g/mol. The molecule has 6 rings (SSSR count). The molecule has 6 heterocycles. The van der Waals surface area contributed by atoms with Gasteiger partial charge in [-0.25, -0.2) is 37.8 Å². The molecule has 4 unspecified atom stereocenters. The van der Waals surface area contributed by atoms with Crippen LogP contribution in [0.15, 0.2) is 58.9 Å². The summed E-state index contributed by atoms with van der Waals surface area (Å²) in [6.45, 7) is -2.32. The van der Waals surface area contributed by atoms with E-state index in [2.05, 4.69) is 31.9 Å². The van der Waals surface area contributed by atoms with E-state index in [9.17, 15) is 67.8 Å². The minimum Gasteiger partial charge on any atom is -0.387 e. The smallest absolute Gasteiger partial charge is 0.387 e. The fourth-order valence-electron chi connectivity index (χ4n) is 5.25. The average molecular weight is 836 g/mol. The molecular weight excluding hydrogens is 808 g/mol. The zero-order valence-corrected chi connectivity index (χ0v) is 29.6. The van der Waals surface area contributed by atoms with E-state index in [0.717, 1.165) is 17.9 Å². The van der Waals surface area contributed by atoms with Gasteiger partial charge in [-0.05, 0) is 12.1 Å². The topological polar surface area (TPSA) is 373 Å². The summed E-state index contributed by atoms with van der Waals surface area (Å²) in [6, 6.07) is 2.75. The predicted octanol–water partition coefficient (Wildman–Crippen LogP) is -2.27. The second kappa shape index (κ2) is 14.7. The van der Waals surface area contributed by atoms with E-state index < -0.39 is 105 Å². The van der Waals surface area contributed by atoms with Gasteiger partial charge in [0.1, 0.15) is 47.9 Å². The molecule has 2 aliphatic rings. The Morgan fingerprint density at radius 1 is 0.585 bits per heavy atom. The van der Waals surface area contributed by atoms with Gasteiger partial charge in [0.15, 0.2) is 12.5 Å². The third kappa shape index (κ3) is 8.54. The molecular formula is C22H28N6O21P4. The van der Waals surface area contributed by atoms with Crippen LogP contribution in [-0.4, -0.2) is 118 Å². The van der Waals surface area contributed by atoms with Crippen LogP contribution in [0, 0.1) is 0 Å². The highest BCUT2D eigenvalue weighted by atomic mass is 31.3. The molecule has 0 spiro atoms. The van der Waals surface area contributed by atoms with E-state index in [1.54, 1.807) is 0 Å². The summed E-state index contributed by atoms with van der Waals surface area (Å²) in [6.07, 6.45) is -6.22. The number of fused-ring (bicyclic) bond motifs is 2. The Bertz CT molecular complexity index is 2150. The number of phosphoric ester groups is 2. The van der Waals surface area contributed by atoms with Gasteiger partial charge < -0.3 is 49.5 Å².